The molecule has 6 heteroatoms. The van der Waals surface area contributed by atoms with Crippen LogP contribution in [0.3, 0.4) is 0 Å². The van der Waals surface area contributed by atoms with Gasteiger partial charge in [0.2, 0.25) is 11.7 Å². The van der Waals surface area contributed by atoms with Crippen molar-refractivity contribution in [1.82, 2.24) is 9.97 Å². The summed E-state index contributed by atoms with van der Waals surface area (Å²) in [4.78, 5) is 22.4. The SMILES string of the molecule is CCCCOc1nc(OCCCC)c(C(C)C)c(C(=O)c2cc(C)cc(C#N)c2)n1. The lowest BCUT2D eigenvalue weighted by Gasteiger charge is -2.18. The molecule has 0 saturated heterocycles. The Labute approximate surface area is 179 Å². The van der Waals surface area contributed by atoms with Gasteiger partial charge in [-0.1, -0.05) is 40.5 Å². The number of benzene rings is 1. The van der Waals surface area contributed by atoms with Gasteiger partial charge in [-0.15, -0.1) is 0 Å². The smallest absolute Gasteiger partial charge is 0.320 e. The summed E-state index contributed by atoms with van der Waals surface area (Å²) < 4.78 is 11.7. The highest BCUT2D eigenvalue weighted by atomic mass is 16.5. The van der Waals surface area contributed by atoms with Crippen LogP contribution in [0.5, 0.6) is 11.9 Å². The van der Waals surface area contributed by atoms with Crippen molar-refractivity contribution >= 4 is 5.78 Å². The van der Waals surface area contributed by atoms with Crippen LogP contribution in [0, 0.1) is 18.3 Å². The summed E-state index contributed by atoms with van der Waals surface area (Å²) in [6.45, 7) is 11.0. The van der Waals surface area contributed by atoms with Crippen molar-refractivity contribution in [2.24, 2.45) is 0 Å². The van der Waals surface area contributed by atoms with Crippen molar-refractivity contribution in [3.8, 4) is 18.0 Å². The number of carbonyl (C=O) groups excluding carboxylic acids is 1. The van der Waals surface area contributed by atoms with E-state index in [4.69, 9.17) is 9.47 Å². The third-order valence-corrected chi connectivity index (χ3v) is 4.62. The fraction of sp³-hybridized carbons (Fsp3) is 0.500. The van der Waals surface area contributed by atoms with Gasteiger partial charge >= 0.3 is 6.01 Å². The molecule has 0 aliphatic rings. The summed E-state index contributed by atoms with van der Waals surface area (Å²) in [5, 5.41) is 9.28. The molecule has 0 unspecified atom stereocenters. The molecule has 1 aromatic carbocycles. The van der Waals surface area contributed by atoms with E-state index >= 15 is 0 Å². The first-order valence-electron chi connectivity index (χ1n) is 10.6. The Morgan fingerprint density at radius 1 is 1.07 bits per heavy atom. The minimum absolute atomic E-state index is 0.0227. The van der Waals surface area contributed by atoms with E-state index in [1.54, 1.807) is 18.2 Å². The van der Waals surface area contributed by atoms with E-state index in [1.165, 1.54) is 0 Å². The third-order valence-electron chi connectivity index (χ3n) is 4.62. The van der Waals surface area contributed by atoms with Gasteiger partial charge in [-0.3, -0.25) is 4.79 Å². The summed E-state index contributed by atoms with van der Waals surface area (Å²) in [6.07, 6.45) is 3.73. The molecule has 0 aliphatic carbocycles. The van der Waals surface area contributed by atoms with Gasteiger partial charge in [0.15, 0.2) is 0 Å². The van der Waals surface area contributed by atoms with Crippen LogP contribution in [0.4, 0.5) is 0 Å². The first kappa shape index (κ1) is 23.3. The average Bonchev–Trinajstić information content (AvgIpc) is 2.72. The number of nitrogens with zero attached hydrogens (tertiary/aromatic N) is 3. The summed E-state index contributed by atoms with van der Waals surface area (Å²) in [5.41, 5.74) is 2.64. The number of aromatic nitrogens is 2. The molecule has 0 radical (unpaired) electrons. The molecule has 0 fully saturated rings. The maximum absolute atomic E-state index is 13.4. The summed E-state index contributed by atoms with van der Waals surface area (Å²) in [5.74, 6) is 0.115. The first-order chi connectivity index (χ1) is 14.4. The predicted molar refractivity (Wildman–Crippen MR) is 116 cm³/mol. The van der Waals surface area contributed by atoms with E-state index in [0.717, 1.165) is 31.2 Å². The Balaban J connectivity index is 2.57. The average molecular weight is 410 g/mol. The van der Waals surface area contributed by atoms with Crippen molar-refractivity contribution in [3.05, 3.63) is 46.1 Å². The maximum Gasteiger partial charge on any atom is 0.320 e. The minimum atomic E-state index is -0.262. The molecular weight excluding hydrogens is 378 g/mol. The maximum atomic E-state index is 13.4. The van der Waals surface area contributed by atoms with Gasteiger partial charge in [0, 0.05) is 11.1 Å². The number of ether oxygens (including phenoxy) is 2. The van der Waals surface area contributed by atoms with Crippen LogP contribution < -0.4 is 9.47 Å². The molecule has 30 heavy (non-hydrogen) atoms. The van der Waals surface area contributed by atoms with Crippen LogP contribution in [0.15, 0.2) is 18.2 Å². The molecule has 2 aromatic rings. The lowest BCUT2D eigenvalue weighted by atomic mass is 9.95. The monoisotopic (exact) mass is 409 g/mol. The highest BCUT2D eigenvalue weighted by Crippen LogP contribution is 2.31. The lowest BCUT2D eigenvalue weighted by molar-refractivity contribution is 0.103. The number of nitriles is 1. The van der Waals surface area contributed by atoms with E-state index in [9.17, 15) is 10.1 Å². The Hall–Kier alpha value is -2.94. The van der Waals surface area contributed by atoms with Gasteiger partial charge in [-0.25, -0.2) is 0 Å². The van der Waals surface area contributed by atoms with Gasteiger partial charge in [0.1, 0.15) is 5.69 Å². The summed E-state index contributed by atoms with van der Waals surface area (Å²) in [6, 6.07) is 7.37. The number of unbranched alkanes of at least 4 members (excludes halogenated alkanes) is 2. The highest BCUT2D eigenvalue weighted by Gasteiger charge is 2.25. The van der Waals surface area contributed by atoms with Crippen LogP contribution in [-0.4, -0.2) is 29.0 Å². The molecule has 2 rings (SSSR count). The topological polar surface area (TPSA) is 85.1 Å². The van der Waals surface area contributed by atoms with Crippen molar-refractivity contribution in [1.29, 1.82) is 5.26 Å². The van der Waals surface area contributed by atoms with Gasteiger partial charge < -0.3 is 9.47 Å². The van der Waals surface area contributed by atoms with E-state index < -0.39 is 0 Å². The second-order valence-corrected chi connectivity index (χ2v) is 7.66. The molecule has 0 atom stereocenters. The van der Waals surface area contributed by atoms with Gasteiger partial charge in [-0.2, -0.15) is 15.2 Å². The van der Waals surface area contributed by atoms with E-state index in [0.29, 0.717) is 35.8 Å². The van der Waals surface area contributed by atoms with Gasteiger partial charge in [-0.05, 0) is 49.4 Å². The zero-order valence-corrected chi connectivity index (χ0v) is 18.6. The molecule has 1 heterocycles. The molecule has 0 bridgehead atoms. The fourth-order valence-corrected chi connectivity index (χ4v) is 3.03. The largest absolute Gasteiger partial charge is 0.477 e. The highest BCUT2D eigenvalue weighted by molar-refractivity contribution is 6.09. The Kier molecular flexibility index (Phi) is 8.79. The molecule has 160 valence electrons. The van der Waals surface area contributed by atoms with Crippen molar-refractivity contribution in [2.45, 2.75) is 66.2 Å². The lowest BCUT2D eigenvalue weighted by Crippen LogP contribution is -2.16. The minimum Gasteiger partial charge on any atom is -0.477 e. The first-order valence-corrected chi connectivity index (χ1v) is 10.6. The second kappa shape index (κ2) is 11.3. The molecular formula is C24H31N3O3. The van der Waals surface area contributed by atoms with Crippen molar-refractivity contribution in [3.63, 3.8) is 0 Å². The van der Waals surface area contributed by atoms with Gasteiger partial charge in [0.25, 0.3) is 0 Å². The van der Waals surface area contributed by atoms with Crippen LogP contribution in [0.2, 0.25) is 0 Å². The predicted octanol–water partition coefficient (Wildman–Crippen LogP) is 5.37. The van der Waals surface area contributed by atoms with E-state index in [1.807, 2.05) is 20.8 Å². The number of hydrogen-bond donors (Lipinski definition) is 0. The zero-order valence-electron chi connectivity index (χ0n) is 18.6. The molecule has 0 N–H and O–H groups in total. The molecule has 0 amide bonds. The Bertz CT molecular complexity index is 917. The normalized spacial score (nSPS) is 10.7. The number of ketones is 1. The molecule has 6 nitrogen and oxygen atoms in total. The van der Waals surface area contributed by atoms with E-state index in [2.05, 4.69) is 29.9 Å². The van der Waals surface area contributed by atoms with Crippen molar-refractivity contribution < 1.29 is 14.3 Å². The Morgan fingerprint density at radius 2 is 1.73 bits per heavy atom. The number of aryl methyl sites for hydroxylation is 1. The fourth-order valence-electron chi connectivity index (χ4n) is 3.03. The zero-order chi connectivity index (χ0) is 22.1. The third kappa shape index (κ3) is 6.03. The quantitative estimate of drug-likeness (QED) is 0.366. The molecule has 0 aliphatic heterocycles. The number of rotatable bonds is 11. The number of carbonyl (C=O) groups is 1. The van der Waals surface area contributed by atoms with Crippen LogP contribution >= 0.6 is 0 Å². The summed E-state index contributed by atoms with van der Waals surface area (Å²) in [7, 11) is 0. The van der Waals surface area contributed by atoms with Gasteiger partial charge in [0.05, 0.1) is 24.8 Å². The van der Waals surface area contributed by atoms with Crippen LogP contribution in [0.25, 0.3) is 0 Å². The summed E-state index contributed by atoms with van der Waals surface area (Å²) >= 11 is 0. The molecule has 0 saturated carbocycles. The standard InChI is InChI=1S/C24H31N3O3/c1-6-8-10-29-23-20(16(3)4)21(26-24(27-23)30-11-9-7-2)22(28)19-13-17(5)12-18(14-19)15-25/h12-14,16H,6-11H2,1-5H3. The van der Waals surface area contributed by atoms with Crippen molar-refractivity contribution in [2.75, 3.05) is 13.2 Å². The Morgan fingerprint density at radius 3 is 2.33 bits per heavy atom. The molecule has 1 aromatic heterocycles. The van der Waals surface area contributed by atoms with Crippen LogP contribution in [-0.2, 0) is 0 Å². The number of hydrogen-bond acceptors (Lipinski definition) is 6. The van der Waals surface area contributed by atoms with E-state index in [-0.39, 0.29) is 23.4 Å². The molecule has 0 spiro atoms. The second-order valence-electron chi connectivity index (χ2n) is 7.66. The van der Waals surface area contributed by atoms with Crippen LogP contribution in [0.1, 0.15) is 92.0 Å².